The van der Waals surface area contributed by atoms with Crippen LogP contribution in [0, 0.1) is 5.92 Å². The Kier molecular flexibility index (Phi) is 4.79. The van der Waals surface area contributed by atoms with E-state index in [1.54, 1.807) is 30.3 Å². The van der Waals surface area contributed by atoms with Crippen molar-refractivity contribution >= 4 is 17.4 Å². The van der Waals surface area contributed by atoms with E-state index in [0.29, 0.717) is 42.1 Å². The maximum absolute atomic E-state index is 12.3. The lowest BCUT2D eigenvalue weighted by atomic mass is 10.2. The number of amides is 1. The zero-order chi connectivity index (χ0) is 16.9. The molecule has 1 aromatic heterocycles. The lowest BCUT2D eigenvalue weighted by molar-refractivity contribution is 0.102. The first-order valence-electron chi connectivity index (χ1n) is 7.90. The Bertz CT molecular complexity index is 716. The third kappa shape index (κ3) is 3.92. The van der Waals surface area contributed by atoms with Crippen LogP contribution in [-0.2, 0) is 0 Å². The van der Waals surface area contributed by atoms with Crippen molar-refractivity contribution < 1.29 is 14.3 Å². The minimum absolute atomic E-state index is 0.250. The Balaban J connectivity index is 1.64. The van der Waals surface area contributed by atoms with Crippen molar-refractivity contribution in [1.29, 1.82) is 0 Å². The Morgan fingerprint density at radius 3 is 2.62 bits per heavy atom. The smallest absolute Gasteiger partial charge is 0.276 e. The molecule has 2 N–H and O–H groups in total. The second-order valence-electron chi connectivity index (χ2n) is 5.89. The molecule has 3 rings (SSSR count). The number of hydrogen-bond acceptors (Lipinski definition) is 6. The zero-order valence-corrected chi connectivity index (χ0v) is 13.7. The monoisotopic (exact) mass is 328 g/mol. The quantitative estimate of drug-likeness (QED) is 0.877. The number of carbonyl (C=O) groups is 1. The van der Waals surface area contributed by atoms with Crippen LogP contribution in [0.3, 0.4) is 0 Å². The van der Waals surface area contributed by atoms with Crippen LogP contribution in [0.25, 0.3) is 0 Å². The molecule has 0 bridgehead atoms. The van der Waals surface area contributed by atoms with Gasteiger partial charge in [0.05, 0.1) is 0 Å². The number of carbonyl (C=O) groups excluding carboxylic acids is 1. The fourth-order valence-corrected chi connectivity index (χ4v) is 2.17. The number of benzene rings is 1. The SMILES string of the molecule is CC(C)CNc1ccc(C(=O)Nc2ccc3c(c2)OCCO3)nn1. The van der Waals surface area contributed by atoms with Crippen LogP contribution < -0.4 is 20.1 Å². The van der Waals surface area contributed by atoms with Gasteiger partial charge in [0.2, 0.25) is 0 Å². The molecule has 24 heavy (non-hydrogen) atoms. The molecule has 0 saturated heterocycles. The van der Waals surface area contributed by atoms with Crippen LogP contribution in [0.4, 0.5) is 11.5 Å². The van der Waals surface area contributed by atoms with Crippen LogP contribution in [-0.4, -0.2) is 35.9 Å². The summed E-state index contributed by atoms with van der Waals surface area (Å²) in [5, 5.41) is 13.9. The van der Waals surface area contributed by atoms with Gasteiger partial charge in [0, 0.05) is 18.3 Å². The number of rotatable bonds is 5. The maximum Gasteiger partial charge on any atom is 0.276 e. The summed E-state index contributed by atoms with van der Waals surface area (Å²) < 4.78 is 11.0. The molecule has 126 valence electrons. The summed E-state index contributed by atoms with van der Waals surface area (Å²) in [7, 11) is 0. The predicted octanol–water partition coefficient (Wildman–Crippen LogP) is 2.57. The fourth-order valence-electron chi connectivity index (χ4n) is 2.17. The number of nitrogens with one attached hydrogen (secondary N) is 2. The lowest BCUT2D eigenvalue weighted by Crippen LogP contribution is -2.17. The van der Waals surface area contributed by atoms with Crippen molar-refractivity contribution in [3.05, 3.63) is 36.0 Å². The summed E-state index contributed by atoms with van der Waals surface area (Å²) in [6, 6.07) is 8.65. The minimum atomic E-state index is -0.324. The summed E-state index contributed by atoms with van der Waals surface area (Å²) in [5.74, 6) is 2.14. The van der Waals surface area contributed by atoms with Gasteiger partial charge < -0.3 is 20.1 Å². The molecule has 0 atom stereocenters. The number of anilines is 2. The van der Waals surface area contributed by atoms with E-state index in [4.69, 9.17) is 9.47 Å². The topological polar surface area (TPSA) is 85.4 Å². The summed E-state index contributed by atoms with van der Waals surface area (Å²) in [5.41, 5.74) is 0.869. The number of nitrogens with zero attached hydrogens (tertiary/aromatic N) is 2. The highest BCUT2D eigenvalue weighted by molar-refractivity contribution is 6.02. The minimum Gasteiger partial charge on any atom is -0.486 e. The van der Waals surface area contributed by atoms with E-state index in [9.17, 15) is 4.79 Å². The molecule has 2 aromatic rings. The van der Waals surface area contributed by atoms with Crippen molar-refractivity contribution in [3.63, 3.8) is 0 Å². The number of hydrogen-bond donors (Lipinski definition) is 2. The standard InChI is InChI=1S/C17H20N4O3/c1-11(2)10-18-16-6-4-13(20-21-16)17(22)19-12-3-5-14-15(9-12)24-8-7-23-14/h3-6,9,11H,7-8,10H2,1-2H3,(H,18,21)(H,19,22). The van der Waals surface area contributed by atoms with Gasteiger partial charge in [0.15, 0.2) is 17.2 Å². The molecule has 0 fully saturated rings. The normalized spacial score (nSPS) is 12.8. The third-order valence-electron chi connectivity index (χ3n) is 3.39. The number of aromatic nitrogens is 2. The highest BCUT2D eigenvalue weighted by atomic mass is 16.6. The van der Waals surface area contributed by atoms with Gasteiger partial charge in [-0.3, -0.25) is 4.79 Å². The fraction of sp³-hybridized carbons (Fsp3) is 0.353. The molecule has 1 aliphatic rings. The third-order valence-corrected chi connectivity index (χ3v) is 3.39. The van der Waals surface area contributed by atoms with Gasteiger partial charge in [0.1, 0.15) is 19.0 Å². The molecule has 2 heterocycles. The van der Waals surface area contributed by atoms with E-state index in [-0.39, 0.29) is 11.6 Å². The lowest BCUT2D eigenvalue weighted by Gasteiger charge is -2.18. The first kappa shape index (κ1) is 16.0. The molecular weight excluding hydrogens is 308 g/mol. The van der Waals surface area contributed by atoms with Crippen molar-refractivity contribution in [3.8, 4) is 11.5 Å². The van der Waals surface area contributed by atoms with Crippen LogP contribution in [0.5, 0.6) is 11.5 Å². The second kappa shape index (κ2) is 7.16. The molecule has 7 heteroatoms. The van der Waals surface area contributed by atoms with Gasteiger partial charge in [-0.1, -0.05) is 13.8 Å². The summed E-state index contributed by atoms with van der Waals surface area (Å²) in [6.07, 6.45) is 0. The highest BCUT2D eigenvalue weighted by Crippen LogP contribution is 2.32. The summed E-state index contributed by atoms with van der Waals surface area (Å²) in [6.45, 7) is 6.05. The Morgan fingerprint density at radius 2 is 1.92 bits per heavy atom. The zero-order valence-electron chi connectivity index (χ0n) is 13.7. The van der Waals surface area contributed by atoms with E-state index < -0.39 is 0 Å². The first-order chi connectivity index (χ1) is 11.6. The molecular formula is C17H20N4O3. The van der Waals surface area contributed by atoms with Crippen LogP contribution in [0.1, 0.15) is 24.3 Å². The molecule has 0 saturated carbocycles. The molecule has 0 spiro atoms. The largest absolute Gasteiger partial charge is 0.486 e. The first-order valence-corrected chi connectivity index (χ1v) is 7.90. The van der Waals surface area contributed by atoms with E-state index in [1.165, 1.54) is 0 Å². The second-order valence-corrected chi connectivity index (χ2v) is 5.89. The number of fused-ring (bicyclic) bond motifs is 1. The van der Waals surface area contributed by atoms with Crippen LogP contribution >= 0.6 is 0 Å². The highest BCUT2D eigenvalue weighted by Gasteiger charge is 2.14. The van der Waals surface area contributed by atoms with Crippen molar-refractivity contribution in [2.45, 2.75) is 13.8 Å². The van der Waals surface area contributed by atoms with Gasteiger partial charge >= 0.3 is 0 Å². The van der Waals surface area contributed by atoms with Gasteiger partial charge in [-0.2, -0.15) is 0 Å². The van der Waals surface area contributed by atoms with E-state index in [2.05, 4.69) is 34.7 Å². The molecule has 1 aromatic carbocycles. The van der Waals surface area contributed by atoms with Crippen molar-refractivity contribution in [1.82, 2.24) is 10.2 Å². The van der Waals surface area contributed by atoms with Crippen LogP contribution in [0.15, 0.2) is 30.3 Å². The van der Waals surface area contributed by atoms with Crippen molar-refractivity contribution in [2.75, 3.05) is 30.4 Å². The van der Waals surface area contributed by atoms with Gasteiger partial charge in [-0.15, -0.1) is 10.2 Å². The molecule has 1 aliphatic heterocycles. The molecule has 0 unspecified atom stereocenters. The average molecular weight is 328 g/mol. The van der Waals surface area contributed by atoms with E-state index >= 15 is 0 Å². The molecule has 0 aliphatic carbocycles. The van der Waals surface area contributed by atoms with E-state index in [0.717, 1.165) is 6.54 Å². The summed E-state index contributed by atoms with van der Waals surface area (Å²) in [4.78, 5) is 12.3. The Labute approximate surface area is 140 Å². The van der Waals surface area contributed by atoms with Gasteiger partial charge in [0.25, 0.3) is 5.91 Å². The summed E-state index contributed by atoms with van der Waals surface area (Å²) >= 11 is 0. The van der Waals surface area contributed by atoms with E-state index in [1.807, 2.05) is 0 Å². The maximum atomic E-state index is 12.3. The van der Waals surface area contributed by atoms with Crippen molar-refractivity contribution in [2.24, 2.45) is 5.92 Å². The number of ether oxygens (including phenoxy) is 2. The Morgan fingerprint density at radius 1 is 1.12 bits per heavy atom. The predicted molar refractivity (Wildman–Crippen MR) is 90.7 cm³/mol. The molecule has 7 nitrogen and oxygen atoms in total. The molecule has 0 radical (unpaired) electrons. The van der Waals surface area contributed by atoms with Crippen LogP contribution in [0.2, 0.25) is 0 Å². The van der Waals surface area contributed by atoms with Gasteiger partial charge in [-0.05, 0) is 30.2 Å². The Hall–Kier alpha value is -2.83. The molecule has 1 amide bonds. The average Bonchev–Trinajstić information content (AvgIpc) is 2.60. The van der Waals surface area contributed by atoms with Gasteiger partial charge in [-0.25, -0.2) is 0 Å².